The number of anilines is 1. The van der Waals surface area contributed by atoms with Crippen molar-refractivity contribution in [3.63, 3.8) is 0 Å². The van der Waals surface area contributed by atoms with Crippen LogP contribution in [0.3, 0.4) is 0 Å². The largest absolute Gasteiger partial charge is 0.399 e. The first-order valence-corrected chi connectivity index (χ1v) is 6.23. The van der Waals surface area contributed by atoms with E-state index in [9.17, 15) is 4.79 Å². The molecule has 0 aliphatic carbocycles. The van der Waals surface area contributed by atoms with E-state index in [0.717, 1.165) is 5.56 Å². The zero-order chi connectivity index (χ0) is 12.3. The average molecular weight is 246 g/mol. The summed E-state index contributed by atoms with van der Waals surface area (Å²) in [5.74, 6) is -0.0106. The van der Waals surface area contributed by atoms with Crippen molar-refractivity contribution >= 4 is 22.9 Å². The predicted molar refractivity (Wildman–Crippen MR) is 71.0 cm³/mol. The molecule has 0 bridgehead atoms. The molecule has 0 spiro atoms. The van der Waals surface area contributed by atoms with Gasteiger partial charge in [0.1, 0.15) is 0 Å². The van der Waals surface area contributed by atoms with Gasteiger partial charge in [0.15, 0.2) is 0 Å². The van der Waals surface area contributed by atoms with Crippen LogP contribution >= 0.6 is 11.3 Å². The second kappa shape index (κ2) is 5.01. The lowest BCUT2D eigenvalue weighted by atomic mass is 10.1. The van der Waals surface area contributed by atoms with Gasteiger partial charge in [0, 0.05) is 24.8 Å². The Kier molecular flexibility index (Phi) is 3.44. The van der Waals surface area contributed by atoms with Gasteiger partial charge < -0.3 is 10.6 Å². The summed E-state index contributed by atoms with van der Waals surface area (Å²) < 4.78 is 0. The number of carbonyl (C=O) groups is 1. The maximum absolute atomic E-state index is 12.1. The predicted octanol–water partition coefficient (Wildman–Crippen LogP) is 2.60. The van der Waals surface area contributed by atoms with Crippen LogP contribution in [-0.4, -0.2) is 17.9 Å². The van der Waals surface area contributed by atoms with E-state index in [4.69, 9.17) is 5.73 Å². The van der Waals surface area contributed by atoms with Crippen LogP contribution in [0.1, 0.15) is 15.9 Å². The average Bonchev–Trinajstić information content (AvgIpc) is 2.80. The molecule has 2 aromatic rings. The van der Waals surface area contributed by atoms with E-state index < -0.39 is 0 Å². The summed E-state index contributed by atoms with van der Waals surface area (Å²) in [4.78, 5) is 13.8. The monoisotopic (exact) mass is 246 g/mol. The van der Waals surface area contributed by atoms with Gasteiger partial charge >= 0.3 is 0 Å². The summed E-state index contributed by atoms with van der Waals surface area (Å²) in [6.07, 6.45) is 0. The quantitative estimate of drug-likeness (QED) is 0.846. The number of thiophene rings is 1. The van der Waals surface area contributed by atoms with Gasteiger partial charge in [0.25, 0.3) is 5.91 Å². The maximum Gasteiger partial charge on any atom is 0.253 e. The summed E-state index contributed by atoms with van der Waals surface area (Å²) in [5.41, 5.74) is 8.05. The fourth-order valence-electron chi connectivity index (χ4n) is 1.62. The summed E-state index contributed by atoms with van der Waals surface area (Å²) in [5, 5.41) is 4.05. The highest BCUT2D eigenvalue weighted by Crippen LogP contribution is 2.13. The van der Waals surface area contributed by atoms with Crippen LogP contribution < -0.4 is 5.73 Å². The first-order valence-electron chi connectivity index (χ1n) is 5.29. The van der Waals surface area contributed by atoms with Gasteiger partial charge in [-0.05, 0) is 40.6 Å². The summed E-state index contributed by atoms with van der Waals surface area (Å²) >= 11 is 1.63. The van der Waals surface area contributed by atoms with Crippen molar-refractivity contribution in [2.24, 2.45) is 0 Å². The summed E-state index contributed by atoms with van der Waals surface area (Å²) in [6, 6.07) is 9.07. The number of rotatable bonds is 3. The van der Waals surface area contributed by atoms with Crippen LogP contribution in [-0.2, 0) is 6.54 Å². The number of carbonyl (C=O) groups excluding carboxylic acids is 1. The molecule has 88 valence electrons. The van der Waals surface area contributed by atoms with Crippen molar-refractivity contribution in [2.45, 2.75) is 6.54 Å². The molecule has 1 aromatic carbocycles. The van der Waals surface area contributed by atoms with Crippen molar-refractivity contribution in [1.29, 1.82) is 0 Å². The molecule has 2 N–H and O–H groups in total. The standard InChI is InChI=1S/C13H14N2OS/c1-15(8-10-5-6-17-9-10)13(16)11-3-2-4-12(14)7-11/h2-7,9H,8,14H2,1H3. The Hall–Kier alpha value is -1.81. The topological polar surface area (TPSA) is 46.3 Å². The highest BCUT2D eigenvalue weighted by molar-refractivity contribution is 7.07. The molecular weight excluding hydrogens is 232 g/mol. The van der Waals surface area contributed by atoms with Gasteiger partial charge in [-0.2, -0.15) is 11.3 Å². The minimum Gasteiger partial charge on any atom is -0.399 e. The Balaban J connectivity index is 2.09. The van der Waals surface area contributed by atoms with Crippen molar-refractivity contribution in [3.8, 4) is 0 Å². The van der Waals surface area contributed by atoms with Crippen molar-refractivity contribution < 1.29 is 4.79 Å². The summed E-state index contributed by atoms with van der Waals surface area (Å²) in [7, 11) is 1.79. The van der Waals surface area contributed by atoms with E-state index in [1.54, 1.807) is 47.5 Å². The number of nitrogen functional groups attached to an aromatic ring is 1. The third kappa shape index (κ3) is 2.85. The number of amides is 1. The molecule has 1 heterocycles. The SMILES string of the molecule is CN(Cc1ccsc1)C(=O)c1cccc(N)c1. The van der Waals surface area contributed by atoms with Gasteiger partial charge in [-0.15, -0.1) is 0 Å². The third-order valence-corrected chi connectivity index (χ3v) is 3.21. The molecule has 0 unspecified atom stereocenters. The minimum absolute atomic E-state index is 0.0106. The molecule has 1 aromatic heterocycles. The molecule has 0 radical (unpaired) electrons. The number of hydrogen-bond donors (Lipinski definition) is 1. The van der Waals surface area contributed by atoms with Crippen LogP contribution in [0, 0.1) is 0 Å². The Labute approximate surface area is 104 Å². The number of nitrogens with zero attached hydrogens (tertiary/aromatic N) is 1. The lowest BCUT2D eigenvalue weighted by Crippen LogP contribution is -2.25. The van der Waals surface area contributed by atoms with Gasteiger partial charge in [-0.25, -0.2) is 0 Å². The molecule has 0 atom stereocenters. The number of hydrogen-bond acceptors (Lipinski definition) is 3. The lowest BCUT2D eigenvalue weighted by Gasteiger charge is -2.16. The normalized spacial score (nSPS) is 10.2. The zero-order valence-corrected chi connectivity index (χ0v) is 10.4. The third-order valence-electron chi connectivity index (χ3n) is 2.48. The Morgan fingerprint density at radius 1 is 1.41 bits per heavy atom. The Morgan fingerprint density at radius 3 is 2.88 bits per heavy atom. The molecule has 0 fully saturated rings. The molecule has 17 heavy (non-hydrogen) atoms. The van der Waals surface area contributed by atoms with E-state index >= 15 is 0 Å². The molecule has 4 heteroatoms. The highest BCUT2D eigenvalue weighted by atomic mass is 32.1. The lowest BCUT2D eigenvalue weighted by molar-refractivity contribution is 0.0785. The molecule has 1 amide bonds. The van der Waals surface area contributed by atoms with E-state index in [-0.39, 0.29) is 5.91 Å². The Morgan fingerprint density at radius 2 is 2.24 bits per heavy atom. The highest BCUT2D eigenvalue weighted by Gasteiger charge is 2.12. The van der Waals surface area contributed by atoms with E-state index in [2.05, 4.69) is 0 Å². The van der Waals surface area contributed by atoms with E-state index in [1.807, 2.05) is 16.8 Å². The molecule has 0 saturated heterocycles. The van der Waals surface area contributed by atoms with Crippen molar-refractivity contribution in [1.82, 2.24) is 4.90 Å². The van der Waals surface area contributed by atoms with Crippen LogP contribution in [0.15, 0.2) is 41.1 Å². The van der Waals surface area contributed by atoms with Gasteiger partial charge in [-0.3, -0.25) is 4.79 Å². The van der Waals surface area contributed by atoms with Gasteiger partial charge in [-0.1, -0.05) is 6.07 Å². The van der Waals surface area contributed by atoms with Crippen LogP contribution in [0.5, 0.6) is 0 Å². The smallest absolute Gasteiger partial charge is 0.253 e. The van der Waals surface area contributed by atoms with Crippen LogP contribution in [0.4, 0.5) is 5.69 Å². The van der Waals surface area contributed by atoms with E-state index in [1.165, 1.54) is 0 Å². The van der Waals surface area contributed by atoms with Crippen molar-refractivity contribution in [2.75, 3.05) is 12.8 Å². The van der Waals surface area contributed by atoms with Crippen LogP contribution in [0.2, 0.25) is 0 Å². The first-order chi connectivity index (χ1) is 8.16. The molecule has 2 rings (SSSR count). The Bertz CT molecular complexity index is 508. The van der Waals surface area contributed by atoms with Crippen molar-refractivity contribution in [3.05, 3.63) is 52.2 Å². The van der Waals surface area contributed by atoms with Gasteiger partial charge in [0.05, 0.1) is 0 Å². The van der Waals surface area contributed by atoms with Crippen LogP contribution in [0.25, 0.3) is 0 Å². The number of nitrogens with two attached hydrogens (primary N) is 1. The fraction of sp³-hybridized carbons (Fsp3) is 0.154. The molecule has 3 nitrogen and oxygen atoms in total. The maximum atomic E-state index is 12.1. The minimum atomic E-state index is -0.0106. The molecule has 0 aliphatic heterocycles. The fourth-order valence-corrected chi connectivity index (χ4v) is 2.28. The summed E-state index contributed by atoms with van der Waals surface area (Å²) in [6.45, 7) is 0.622. The number of benzene rings is 1. The molecular formula is C13H14N2OS. The molecule has 0 saturated carbocycles. The van der Waals surface area contributed by atoms with Gasteiger partial charge in [0.2, 0.25) is 0 Å². The second-order valence-corrected chi connectivity index (χ2v) is 4.70. The van der Waals surface area contributed by atoms with E-state index in [0.29, 0.717) is 17.8 Å². The first kappa shape index (κ1) is 11.7. The molecule has 0 aliphatic rings. The second-order valence-electron chi connectivity index (χ2n) is 3.92. The zero-order valence-electron chi connectivity index (χ0n) is 9.59.